The Bertz CT molecular complexity index is 1180. The minimum atomic E-state index is -0.329. The fraction of sp³-hybridized carbons (Fsp3) is 0.0417. The van der Waals surface area contributed by atoms with E-state index in [2.05, 4.69) is 53.2 Å². The highest BCUT2D eigenvalue weighted by Gasteiger charge is 2.08. The van der Waals surface area contributed by atoms with Crippen LogP contribution in [0.15, 0.2) is 86.5 Å². The van der Waals surface area contributed by atoms with Gasteiger partial charge in [-0.1, -0.05) is 82.2 Å². The molecule has 0 aliphatic rings. The number of hydrogen-bond acceptors (Lipinski definition) is 2. The van der Waals surface area contributed by atoms with Gasteiger partial charge in [-0.3, -0.25) is 0 Å². The largest absolute Gasteiger partial charge is 0.422 e. The monoisotopic (exact) mass is 416 g/mol. The normalized spacial score (nSPS) is 11.3. The molecule has 0 unspecified atom stereocenters. The van der Waals surface area contributed by atoms with E-state index in [9.17, 15) is 4.79 Å². The molecular formula is C24H17BrO2. The summed E-state index contributed by atoms with van der Waals surface area (Å²) in [6.07, 6.45) is 4.07. The summed E-state index contributed by atoms with van der Waals surface area (Å²) in [4.78, 5) is 12.4. The average Bonchev–Trinajstić information content (AvgIpc) is 2.68. The van der Waals surface area contributed by atoms with Gasteiger partial charge in [-0.25, -0.2) is 4.79 Å². The highest BCUT2D eigenvalue weighted by molar-refractivity contribution is 9.10. The number of benzene rings is 3. The van der Waals surface area contributed by atoms with Crippen molar-refractivity contribution in [1.29, 1.82) is 0 Å². The predicted molar refractivity (Wildman–Crippen MR) is 116 cm³/mol. The van der Waals surface area contributed by atoms with Gasteiger partial charge >= 0.3 is 5.63 Å². The van der Waals surface area contributed by atoms with Crippen LogP contribution < -0.4 is 5.63 Å². The summed E-state index contributed by atoms with van der Waals surface area (Å²) >= 11 is 3.41. The fourth-order valence-electron chi connectivity index (χ4n) is 2.93. The molecule has 3 heteroatoms. The van der Waals surface area contributed by atoms with Crippen molar-refractivity contribution in [3.8, 4) is 11.1 Å². The molecule has 0 atom stereocenters. The van der Waals surface area contributed by atoms with Crippen LogP contribution in [-0.4, -0.2) is 0 Å². The van der Waals surface area contributed by atoms with E-state index >= 15 is 0 Å². The van der Waals surface area contributed by atoms with E-state index in [1.54, 1.807) is 0 Å². The molecule has 0 bridgehead atoms. The molecular weight excluding hydrogens is 400 g/mol. The van der Waals surface area contributed by atoms with E-state index in [0.29, 0.717) is 11.1 Å². The molecule has 0 amide bonds. The van der Waals surface area contributed by atoms with Crippen LogP contribution in [-0.2, 0) is 0 Å². The van der Waals surface area contributed by atoms with Gasteiger partial charge < -0.3 is 4.42 Å². The number of halogens is 1. The van der Waals surface area contributed by atoms with Crippen LogP contribution in [0.5, 0.6) is 0 Å². The Kier molecular flexibility index (Phi) is 4.78. The maximum Gasteiger partial charge on any atom is 0.344 e. The third-order valence-electron chi connectivity index (χ3n) is 4.46. The zero-order valence-electron chi connectivity index (χ0n) is 14.8. The SMILES string of the molecule is Cc1ccc(/C=C/c2ccc3cc(-c4ccc(Br)cc4)c(=O)oc3c2)cc1. The predicted octanol–water partition coefficient (Wildman–Crippen LogP) is 6.70. The van der Waals surface area contributed by atoms with Crippen molar-refractivity contribution in [2.45, 2.75) is 6.92 Å². The van der Waals surface area contributed by atoms with Gasteiger partial charge in [0.15, 0.2) is 0 Å². The molecule has 4 aromatic rings. The van der Waals surface area contributed by atoms with Gasteiger partial charge in [0.1, 0.15) is 5.58 Å². The first kappa shape index (κ1) is 17.5. The van der Waals surface area contributed by atoms with Crippen LogP contribution in [0.25, 0.3) is 34.2 Å². The second-order valence-corrected chi connectivity index (χ2v) is 7.41. The van der Waals surface area contributed by atoms with Crippen LogP contribution in [0.2, 0.25) is 0 Å². The standard InChI is InChI=1S/C24H17BrO2/c1-16-2-4-17(5-3-16)6-7-18-8-9-20-15-22(24(26)27-23(20)14-18)19-10-12-21(25)13-11-19/h2-15H,1H3/b7-6+. The van der Waals surface area contributed by atoms with Crippen molar-refractivity contribution >= 4 is 39.1 Å². The Morgan fingerprint density at radius 1 is 0.815 bits per heavy atom. The first-order valence-corrected chi connectivity index (χ1v) is 9.46. The third kappa shape index (κ3) is 3.93. The van der Waals surface area contributed by atoms with E-state index in [-0.39, 0.29) is 5.63 Å². The molecule has 0 saturated carbocycles. The van der Waals surface area contributed by atoms with Crippen LogP contribution in [0, 0.1) is 6.92 Å². The van der Waals surface area contributed by atoms with Crippen LogP contribution in [0.4, 0.5) is 0 Å². The molecule has 1 heterocycles. The van der Waals surface area contributed by atoms with E-state index in [0.717, 1.165) is 26.5 Å². The summed E-state index contributed by atoms with van der Waals surface area (Å²) in [6, 6.07) is 23.8. The van der Waals surface area contributed by atoms with Gasteiger partial charge in [0.05, 0.1) is 5.56 Å². The lowest BCUT2D eigenvalue weighted by Gasteiger charge is -2.04. The minimum absolute atomic E-state index is 0.329. The highest BCUT2D eigenvalue weighted by atomic mass is 79.9. The van der Waals surface area contributed by atoms with Crippen molar-refractivity contribution in [1.82, 2.24) is 0 Å². The summed E-state index contributed by atoms with van der Waals surface area (Å²) in [5.74, 6) is 0. The van der Waals surface area contributed by atoms with E-state index < -0.39 is 0 Å². The van der Waals surface area contributed by atoms with Crippen LogP contribution >= 0.6 is 15.9 Å². The molecule has 2 nitrogen and oxygen atoms in total. The molecule has 0 aliphatic carbocycles. The molecule has 0 fully saturated rings. The lowest BCUT2D eigenvalue weighted by atomic mass is 10.0. The van der Waals surface area contributed by atoms with Gasteiger partial charge in [0, 0.05) is 9.86 Å². The van der Waals surface area contributed by atoms with Crippen molar-refractivity contribution in [2.24, 2.45) is 0 Å². The highest BCUT2D eigenvalue weighted by Crippen LogP contribution is 2.24. The zero-order chi connectivity index (χ0) is 18.8. The molecule has 3 aromatic carbocycles. The smallest absolute Gasteiger partial charge is 0.344 e. The van der Waals surface area contributed by atoms with Gasteiger partial charge in [-0.2, -0.15) is 0 Å². The van der Waals surface area contributed by atoms with E-state index in [1.807, 2.05) is 54.6 Å². The molecule has 132 valence electrons. The molecule has 4 rings (SSSR count). The van der Waals surface area contributed by atoms with Gasteiger partial charge in [0.2, 0.25) is 0 Å². The molecule has 0 saturated heterocycles. The van der Waals surface area contributed by atoms with Gasteiger partial charge in [-0.05, 0) is 47.9 Å². The number of rotatable bonds is 3. The van der Waals surface area contributed by atoms with E-state index in [1.165, 1.54) is 5.56 Å². The summed E-state index contributed by atoms with van der Waals surface area (Å²) in [6.45, 7) is 2.07. The van der Waals surface area contributed by atoms with Crippen molar-refractivity contribution in [3.63, 3.8) is 0 Å². The van der Waals surface area contributed by atoms with Crippen LogP contribution in [0.1, 0.15) is 16.7 Å². The summed E-state index contributed by atoms with van der Waals surface area (Å²) in [5, 5.41) is 0.903. The second-order valence-electron chi connectivity index (χ2n) is 6.50. The van der Waals surface area contributed by atoms with Gasteiger partial charge in [0.25, 0.3) is 0 Å². The molecule has 0 aliphatic heterocycles. The Morgan fingerprint density at radius 3 is 2.22 bits per heavy atom. The summed E-state index contributed by atoms with van der Waals surface area (Å²) < 4.78 is 6.56. The third-order valence-corrected chi connectivity index (χ3v) is 4.99. The maximum absolute atomic E-state index is 12.4. The number of hydrogen-bond donors (Lipinski definition) is 0. The molecule has 0 N–H and O–H groups in total. The first-order chi connectivity index (χ1) is 13.1. The zero-order valence-corrected chi connectivity index (χ0v) is 16.4. The topological polar surface area (TPSA) is 30.2 Å². The number of aryl methyl sites for hydroxylation is 1. The minimum Gasteiger partial charge on any atom is -0.422 e. The second kappa shape index (κ2) is 7.37. The maximum atomic E-state index is 12.4. The van der Waals surface area contributed by atoms with E-state index in [4.69, 9.17) is 4.42 Å². The van der Waals surface area contributed by atoms with Crippen LogP contribution in [0.3, 0.4) is 0 Å². The Balaban J connectivity index is 1.69. The first-order valence-electron chi connectivity index (χ1n) is 8.67. The quantitative estimate of drug-likeness (QED) is 0.274. The summed E-state index contributed by atoms with van der Waals surface area (Å²) in [5.41, 5.74) is 5.03. The van der Waals surface area contributed by atoms with Gasteiger partial charge in [-0.15, -0.1) is 0 Å². The van der Waals surface area contributed by atoms with Crippen molar-refractivity contribution in [3.05, 3.63) is 104 Å². The summed E-state index contributed by atoms with van der Waals surface area (Å²) in [7, 11) is 0. The lowest BCUT2D eigenvalue weighted by Crippen LogP contribution is -2.02. The number of fused-ring (bicyclic) bond motifs is 1. The lowest BCUT2D eigenvalue weighted by molar-refractivity contribution is 0.563. The Hall–Kier alpha value is -2.91. The Morgan fingerprint density at radius 2 is 1.48 bits per heavy atom. The average molecular weight is 417 g/mol. The van der Waals surface area contributed by atoms with Crippen molar-refractivity contribution < 1.29 is 4.42 Å². The molecule has 27 heavy (non-hydrogen) atoms. The molecule has 1 aromatic heterocycles. The Labute approximate surface area is 165 Å². The molecule has 0 spiro atoms. The fourth-order valence-corrected chi connectivity index (χ4v) is 3.20. The molecule has 0 radical (unpaired) electrons. The van der Waals surface area contributed by atoms with Crippen molar-refractivity contribution in [2.75, 3.05) is 0 Å².